The molecule has 0 aromatic heterocycles. The van der Waals surface area contributed by atoms with E-state index in [1.807, 2.05) is 43.3 Å². The molecule has 2 aromatic carbocycles. The number of nitrogens with zero attached hydrogens (tertiary/aromatic N) is 1. The van der Waals surface area contributed by atoms with Crippen molar-refractivity contribution in [2.75, 3.05) is 6.61 Å². The first-order valence-electron chi connectivity index (χ1n) is 7.11. The van der Waals surface area contributed by atoms with Crippen LogP contribution in [-0.2, 0) is 9.53 Å². The molecule has 1 amide bonds. The molecular formula is C18H16N2O3. The standard InChI is InChI=1S/C18H16N2O3/c1-13(15-7-3-2-4-8-15)20-17(21)12-23-18(22)16-9-5-6-14(10-16)11-19/h2-10,13H,12H2,1H3,(H,20,21). The molecule has 0 bridgehead atoms. The quantitative estimate of drug-likeness (QED) is 0.861. The molecule has 0 aliphatic carbocycles. The summed E-state index contributed by atoms with van der Waals surface area (Å²) in [6, 6.07) is 17.4. The number of ether oxygens (including phenoxy) is 1. The number of benzene rings is 2. The Morgan fingerprint density at radius 2 is 1.91 bits per heavy atom. The van der Waals surface area contributed by atoms with Crippen LogP contribution in [0.4, 0.5) is 0 Å². The van der Waals surface area contributed by atoms with Crippen LogP contribution in [-0.4, -0.2) is 18.5 Å². The zero-order chi connectivity index (χ0) is 16.7. The fourth-order valence-electron chi connectivity index (χ4n) is 2.04. The topological polar surface area (TPSA) is 79.2 Å². The van der Waals surface area contributed by atoms with Gasteiger partial charge in [0.25, 0.3) is 5.91 Å². The molecular weight excluding hydrogens is 292 g/mol. The lowest BCUT2D eigenvalue weighted by Gasteiger charge is -2.14. The highest BCUT2D eigenvalue weighted by atomic mass is 16.5. The second kappa shape index (κ2) is 7.76. The third-order valence-corrected chi connectivity index (χ3v) is 3.24. The van der Waals surface area contributed by atoms with E-state index in [0.717, 1.165) is 5.56 Å². The maximum atomic E-state index is 11.9. The SMILES string of the molecule is CC(NC(=O)COC(=O)c1cccc(C#N)c1)c1ccccc1. The minimum Gasteiger partial charge on any atom is -0.452 e. The number of esters is 1. The smallest absolute Gasteiger partial charge is 0.338 e. The number of carbonyl (C=O) groups excluding carboxylic acids is 2. The molecule has 23 heavy (non-hydrogen) atoms. The maximum Gasteiger partial charge on any atom is 0.338 e. The van der Waals surface area contributed by atoms with E-state index in [1.165, 1.54) is 12.1 Å². The van der Waals surface area contributed by atoms with Gasteiger partial charge in [0.1, 0.15) is 0 Å². The van der Waals surface area contributed by atoms with Gasteiger partial charge in [-0.15, -0.1) is 0 Å². The van der Waals surface area contributed by atoms with Crippen LogP contribution >= 0.6 is 0 Å². The third kappa shape index (κ3) is 4.68. The van der Waals surface area contributed by atoms with Crippen molar-refractivity contribution in [2.24, 2.45) is 0 Å². The van der Waals surface area contributed by atoms with Crippen molar-refractivity contribution in [1.82, 2.24) is 5.32 Å². The van der Waals surface area contributed by atoms with Gasteiger partial charge in [-0.3, -0.25) is 4.79 Å². The van der Waals surface area contributed by atoms with E-state index < -0.39 is 5.97 Å². The molecule has 1 unspecified atom stereocenters. The zero-order valence-corrected chi connectivity index (χ0v) is 12.7. The van der Waals surface area contributed by atoms with Crippen LogP contribution in [0.1, 0.15) is 34.5 Å². The van der Waals surface area contributed by atoms with Crippen LogP contribution in [0.5, 0.6) is 0 Å². The summed E-state index contributed by atoms with van der Waals surface area (Å²) in [6.07, 6.45) is 0. The van der Waals surface area contributed by atoms with Gasteiger partial charge in [-0.1, -0.05) is 36.4 Å². The van der Waals surface area contributed by atoms with Gasteiger partial charge in [0.05, 0.1) is 23.2 Å². The number of carbonyl (C=O) groups is 2. The Hall–Kier alpha value is -3.13. The number of hydrogen-bond acceptors (Lipinski definition) is 4. The number of rotatable bonds is 5. The van der Waals surface area contributed by atoms with Crippen molar-refractivity contribution >= 4 is 11.9 Å². The Kier molecular flexibility index (Phi) is 5.48. The summed E-state index contributed by atoms with van der Waals surface area (Å²) in [4.78, 5) is 23.7. The Morgan fingerprint density at radius 1 is 1.17 bits per heavy atom. The Bertz CT molecular complexity index is 735. The molecule has 1 N–H and O–H groups in total. The average Bonchev–Trinajstić information content (AvgIpc) is 2.60. The predicted octanol–water partition coefficient (Wildman–Crippen LogP) is 2.59. The molecule has 0 heterocycles. The Morgan fingerprint density at radius 3 is 2.61 bits per heavy atom. The van der Waals surface area contributed by atoms with Crippen LogP contribution in [0.3, 0.4) is 0 Å². The molecule has 2 aromatic rings. The molecule has 0 radical (unpaired) electrons. The van der Waals surface area contributed by atoms with Gasteiger partial charge in [-0.05, 0) is 30.7 Å². The van der Waals surface area contributed by atoms with Gasteiger partial charge in [0, 0.05) is 0 Å². The number of hydrogen-bond donors (Lipinski definition) is 1. The summed E-state index contributed by atoms with van der Waals surface area (Å²) in [6.45, 7) is 1.48. The molecule has 0 aliphatic heterocycles. The zero-order valence-electron chi connectivity index (χ0n) is 12.7. The van der Waals surface area contributed by atoms with E-state index >= 15 is 0 Å². The molecule has 116 valence electrons. The van der Waals surface area contributed by atoms with Crippen molar-refractivity contribution in [3.05, 3.63) is 71.3 Å². The van der Waals surface area contributed by atoms with Gasteiger partial charge >= 0.3 is 5.97 Å². The van der Waals surface area contributed by atoms with Crippen molar-refractivity contribution < 1.29 is 14.3 Å². The van der Waals surface area contributed by atoms with Crippen LogP contribution in [0.2, 0.25) is 0 Å². The normalized spacial score (nSPS) is 11.1. The summed E-state index contributed by atoms with van der Waals surface area (Å²) in [5.41, 5.74) is 1.57. The first-order valence-corrected chi connectivity index (χ1v) is 7.11. The molecule has 0 spiro atoms. The number of amides is 1. The second-order valence-electron chi connectivity index (χ2n) is 4.97. The van der Waals surface area contributed by atoms with Crippen LogP contribution in [0.25, 0.3) is 0 Å². The lowest BCUT2D eigenvalue weighted by molar-refractivity contribution is -0.124. The van der Waals surface area contributed by atoms with Crippen molar-refractivity contribution in [2.45, 2.75) is 13.0 Å². The molecule has 0 saturated heterocycles. The van der Waals surface area contributed by atoms with E-state index in [2.05, 4.69) is 5.32 Å². The third-order valence-electron chi connectivity index (χ3n) is 3.24. The predicted molar refractivity (Wildman–Crippen MR) is 84.4 cm³/mol. The first kappa shape index (κ1) is 16.2. The molecule has 0 fully saturated rings. The van der Waals surface area contributed by atoms with E-state index in [-0.39, 0.29) is 24.1 Å². The fourth-order valence-corrected chi connectivity index (χ4v) is 2.04. The number of nitrogens with one attached hydrogen (secondary N) is 1. The van der Waals surface area contributed by atoms with Gasteiger partial charge in [0.2, 0.25) is 0 Å². The van der Waals surface area contributed by atoms with Crippen molar-refractivity contribution in [3.63, 3.8) is 0 Å². The minimum absolute atomic E-state index is 0.177. The fraction of sp³-hybridized carbons (Fsp3) is 0.167. The Balaban J connectivity index is 1.86. The van der Waals surface area contributed by atoms with Gasteiger partial charge < -0.3 is 10.1 Å². The molecule has 1 atom stereocenters. The molecule has 0 saturated carbocycles. The highest BCUT2D eigenvalue weighted by molar-refractivity contribution is 5.91. The maximum absolute atomic E-state index is 11.9. The monoisotopic (exact) mass is 308 g/mol. The van der Waals surface area contributed by atoms with E-state index in [1.54, 1.807) is 12.1 Å². The molecule has 5 nitrogen and oxygen atoms in total. The lowest BCUT2D eigenvalue weighted by atomic mass is 10.1. The summed E-state index contributed by atoms with van der Waals surface area (Å²) < 4.78 is 4.97. The van der Waals surface area contributed by atoms with Crippen LogP contribution < -0.4 is 5.32 Å². The van der Waals surface area contributed by atoms with Gasteiger partial charge in [0.15, 0.2) is 6.61 Å². The van der Waals surface area contributed by atoms with Gasteiger partial charge in [-0.25, -0.2) is 4.79 Å². The summed E-state index contributed by atoms with van der Waals surface area (Å²) in [5.74, 6) is -1.02. The largest absolute Gasteiger partial charge is 0.452 e. The van der Waals surface area contributed by atoms with E-state index in [4.69, 9.17) is 10.00 Å². The summed E-state index contributed by atoms with van der Waals surface area (Å²) >= 11 is 0. The van der Waals surface area contributed by atoms with Crippen LogP contribution in [0.15, 0.2) is 54.6 Å². The van der Waals surface area contributed by atoms with Gasteiger partial charge in [-0.2, -0.15) is 5.26 Å². The summed E-state index contributed by atoms with van der Waals surface area (Å²) in [7, 11) is 0. The van der Waals surface area contributed by atoms with Crippen molar-refractivity contribution in [1.29, 1.82) is 5.26 Å². The molecule has 0 aliphatic rings. The van der Waals surface area contributed by atoms with E-state index in [9.17, 15) is 9.59 Å². The minimum atomic E-state index is -0.635. The number of nitriles is 1. The summed E-state index contributed by atoms with van der Waals surface area (Å²) in [5, 5.41) is 11.6. The highest BCUT2D eigenvalue weighted by Gasteiger charge is 2.13. The lowest BCUT2D eigenvalue weighted by Crippen LogP contribution is -2.31. The average molecular weight is 308 g/mol. The Labute approximate surface area is 134 Å². The van der Waals surface area contributed by atoms with Crippen LogP contribution in [0, 0.1) is 11.3 Å². The molecule has 2 rings (SSSR count). The van der Waals surface area contributed by atoms with Crippen molar-refractivity contribution in [3.8, 4) is 6.07 Å². The first-order chi connectivity index (χ1) is 11.1. The second-order valence-corrected chi connectivity index (χ2v) is 4.97. The van der Waals surface area contributed by atoms with E-state index in [0.29, 0.717) is 5.56 Å². The highest BCUT2D eigenvalue weighted by Crippen LogP contribution is 2.11. The molecule has 5 heteroatoms.